The number of rotatable bonds is 6. The van der Waals surface area contributed by atoms with Crippen molar-refractivity contribution in [1.29, 1.82) is 0 Å². The molecule has 2 heterocycles. The summed E-state index contributed by atoms with van der Waals surface area (Å²) in [4.78, 5) is 47.4. The fourth-order valence-corrected chi connectivity index (χ4v) is 4.23. The van der Waals surface area contributed by atoms with Gasteiger partial charge in [-0.2, -0.15) is 4.91 Å². The lowest BCUT2D eigenvalue weighted by atomic mass is 10.00. The summed E-state index contributed by atoms with van der Waals surface area (Å²) in [6.07, 6.45) is -1.20. The van der Waals surface area contributed by atoms with Crippen LogP contribution >= 0.6 is 0 Å². The number of H-pyrrole nitrogens is 1. The van der Waals surface area contributed by atoms with Crippen molar-refractivity contribution < 1.29 is 9.59 Å². The average molecular weight is 466 g/mol. The number of para-hydroxylation sites is 2. The number of aromatic nitrogens is 1. The van der Waals surface area contributed by atoms with E-state index in [-0.39, 0.29) is 6.54 Å². The van der Waals surface area contributed by atoms with Gasteiger partial charge in [-0.3, -0.25) is 9.59 Å². The minimum absolute atomic E-state index is 0.0652. The van der Waals surface area contributed by atoms with Crippen molar-refractivity contribution in [3.05, 3.63) is 107 Å². The standard InChI is InChI=1S/C27H23N5O3/c1-17(31-35)16-32-23-14-8-6-12-20(23)24(18-9-3-2-4-10-18)29-25(27(32)34)30-26(33)22-15-19-11-5-7-13-21(19)28-22/h2-15,17,25,28H,16H2,1H3,(H,30,33). The molecule has 2 unspecified atom stereocenters. The summed E-state index contributed by atoms with van der Waals surface area (Å²) in [5.41, 5.74) is 3.86. The molecule has 0 bridgehead atoms. The number of carbonyl (C=O) groups excluding carboxylic acids is 2. The molecule has 3 aromatic carbocycles. The summed E-state index contributed by atoms with van der Waals surface area (Å²) in [5, 5.41) is 6.75. The highest BCUT2D eigenvalue weighted by Crippen LogP contribution is 2.29. The van der Waals surface area contributed by atoms with Crippen molar-refractivity contribution in [1.82, 2.24) is 10.3 Å². The molecular weight excluding hydrogens is 442 g/mol. The molecule has 4 aromatic rings. The highest BCUT2D eigenvalue weighted by atomic mass is 16.3. The Morgan fingerprint density at radius 3 is 2.54 bits per heavy atom. The van der Waals surface area contributed by atoms with Gasteiger partial charge in [0.05, 0.1) is 17.9 Å². The number of amides is 2. The van der Waals surface area contributed by atoms with Crippen molar-refractivity contribution in [2.45, 2.75) is 19.1 Å². The molecule has 2 amide bonds. The zero-order chi connectivity index (χ0) is 24.4. The molecule has 0 aliphatic carbocycles. The van der Waals surface area contributed by atoms with Crippen LogP contribution in [-0.2, 0) is 4.79 Å². The smallest absolute Gasteiger partial charge is 0.272 e. The van der Waals surface area contributed by atoms with E-state index < -0.39 is 24.0 Å². The topological polar surface area (TPSA) is 107 Å². The first kappa shape index (κ1) is 22.2. The Morgan fingerprint density at radius 1 is 1.06 bits per heavy atom. The van der Waals surface area contributed by atoms with Crippen molar-refractivity contribution in [2.24, 2.45) is 10.2 Å². The summed E-state index contributed by atoms with van der Waals surface area (Å²) in [6, 6.07) is 25.5. The fourth-order valence-electron chi connectivity index (χ4n) is 4.23. The monoisotopic (exact) mass is 465 g/mol. The molecule has 2 atom stereocenters. The number of hydrogen-bond donors (Lipinski definition) is 2. The number of nitrogens with one attached hydrogen (secondary N) is 2. The van der Waals surface area contributed by atoms with E-state index in [1.165, 1.54) is 4.90 Å². The first-order valence-corrected chi connectivity index (χ1v) is 11.3. The maximum absolute atomic E-state index is 13.7. The van der Waals surface area contributed by atoms with E-state index in [1.54, 1.807) is 13.0 Å². The fraction of sp³-hybridized carbons (Fsp3) is 0.148. The van der Waals surface area contributed by atoms with E-state index in [2.05, 4.69) is 15.5 Å². The van der Waals surface area contributed by atoms with E-state index in [9.17, 15) is 14.5 Å². The zero-order valence-corrected chi connectivity index (χ0v) is 19.0. The van der Waals surface area contributed by atoms with Gasteiger partial charge >= 0.3 is 0 Å². The van der Waals surface area contributed by atoms with E-state index in [0.29, 0.717) is 17.1 Å². The average Bonchev–Trinajstić information content (AvgIpc) is 3.30. The van der Waals surface area contributed by atoms with Gasteiger partial charge in [0.1, 0.15) is 11.7 Å². The lowest BCUT2D eigenvalue weighted by Crippen LogP contribution is -2.49. The number of carbonyl (C=O) groups is 2. The van der Waals surface area contributed by atoms with E-state index in [1.807, 2.05) is 78.9 Å². The Bertz CT molecular complexity index is 1410. The molecule has 1 aliphatic rings. The highest BCUT2D eigenvalue weighted by molar-refractivity contribution is 6.20. The summed E-state index contributed by atoms with van der Waals surface area (Å²) in [7, 11) is 0. The Labute approximate surface area is 201 Å². The zero-order valence-electron chi connectivity index (χ0n) is 19.0. The third-order valence-electron chi connectivity index (χ3n) is 5.92. The third kappa shape index (κ3) is 4.33. The predicted octanol–water partition coefficient (Wildman–Crippen LogP) is 4.26. The summed E-state index contributed by atoms with van der Waals surface area (Å²) >= 11 is 0. The van der Waals surface area contributed by atoms with Crippen LogP contribution in [0.5, 0.6) is 0 Å². The normalized spacial score (nSPS) is 16.3. The molecule has 0 radical (unpaired) electrons. The van der Waals surface area contributed by atoms with Crippen molar-refractivity contribution in [3.8, 4) is 0 Å². The van der Waals surface area contributed by atoms with Crippen LogP contribution in [0.1, 0.15) is 28.5 Å². The molecule has 8 heteroatoms. The molecule has 1 aromatic heterocycles. The maximum atomic E-state index is 13.7. The lowest BCUT2D eigenvalue weighted by Gasteiger charge is -2.26. The number of aromatic amines is 1. The van der Waals surface area contributed by atoms with Gasteiger partial charge < -0.3 is 15.2 Å². The largest absolute Gasteiger partial charge is 0.351 e. The SMILES string of the molecule is CC(CN1C(=O)C(NC(=O)c2cc3ccccc3[nH]2)N=C(c2ccccc2)c2ccccc21)N=O. The third-order valence-corrected chi connectivity index (χ3v) is 5.92. The van der Waals surface area contributed by atoms with Crippen LogP contribution in [0.15, 0.2) is 95.1 Å². The molecule has 1 aliphatic heterocycles. The number of hydrogen-bond acceptors (Lipinski definition) is 5. The second-order valence-corrected chi connectivity index (χ2v) is 8.41. The number of fused-ring (bicyclic) bond motifs is 2. The minimum atomic E-state index is -1.20. The van der Waals surface area contributed by atoms with Gasteiger partial charge in [0.15, 0.2) is 0 Å². The van der Waals surface area contributed by atoms with Crippen LogP contribution < -0.4 is 10.2 Å². The summed E-state index contributed by atoms with van der Waals surface area (Å²) in [6.45, 7) is 1.71. The molecule has 35 heavy (non-hydrogen) atoms. The van der Waals surface area contributed by atoms with Gasteiger partial charge in [-0.05, 0) is 25.1 Å². The predicted molar refractivity (Wildman–Crippen MR) is 136 cm³/mol. The van der Waals surface area contributed by atoms with Crippen molar-refractivity contribution >= 4 is 34.1 Å². The van der Waals surface area contributed by atoms with Gasteiger partial charge in [-0.1, -0.05) is 71.9 Å². The second-order valence-electron chi connectivity index (χ2n) is 8.41. The van der Waals surface area contributed by atoms with Gasteiger partial charge in [0.2, 0.25) is 6.17 Å². The highest BCUT2D eigenvalue weighted by Gasteiger charge is 2.34. The number of nitroso groups, excluding NO2 is 1. The summed E-state index contributed by atoms with van der Waals surface area (Å²) < 4.78 is 0. The van der Waals surface area contributed by atoms with Crippen LogP contribution in [0.3, 0.4) is 0 Å². The molecule has 5 rings (SSSR count). The van der Waals surface area contributed by atoms with Gasteiger partial charge in [-0.25, -0.2) is 4.99 Å². The molecule has 0 fully saturated rings. The Kier molecular flexibility index (Phi) is 5.93. The number of benzodiazepines with no additional fused rings is 1. The van der Waals surface area contributed by atoms with Gasteiger partial charge in [0, 0.05) is 22.0 Å². The number of aliphatic imine (C=N–C) groups is 1. The number of anilines is 1. The summed E-state index contributed by atoms with van der Waals surface area (Å²) in [5.74, 6) is -0.897. The molecule has 2 N–H and O–H groups in total. The number of benzene rings is 3. The molecular formula is C27H23N5O3. The first-order valence-electron chi connectivity index (χ1n) is 11.3. The molecule has 0 spiro atoms. The molecule has 8 nitrogen and oxygen atoms in total. The number of nitrogens with zero attached hydrogens (tertiary/aromatic N) is 3. The Balaban J connectivity index is 1.59. The van der Waals surface area contributed by atoms with E-state index in [0.717, 1.165) is 22.0 Å². The molecule has 0 saturated heterocycles. The Hall–Kier alpha value is -4.59. The van der Waals surface area contributed by atoms with Gasteiger partial charge in [0.25, 0.3) is 11.8 Å². The van der Waals surface area contributed by atoms with Crippen LogP contribution in [-0.4, -0.2) is 41.3 Å². The van der Waals surface area contributed by atoms with Crippen LogP contribution in [0.2, 0.25) is 0 Å². The lowest BCUT2D eigenvalue weighted by molar-refractivity contribution is -0.120. The second kappa shape index (κ2) is 9.34. The maximum Gasteiger partial charge on any atom is 0.272 e. The van der Waals surface area contributed by atoms with E-state index >= 15 is 0 Å². The van der Waals surface area contributed by atoms with Gasteiger partial charge in [-0.15, -0.1) is 0 Å². The Morgan fingerprint density at radius 2 is 1.77 bits per heavy atom. The first-order chi connectivity index (χ1) is 17.0. The van der Waals surface area contributed by atoms with Crippen LogP contribution in [0.25, 0.3) is 10.9 Å². The van der Waals surface area contributed by atoms with Crippen molar-refractivity contribution in [3.63, 3.8) is 0 Å². The molecule has 0 saturated carbocycles. The van der Waals surface area contributed by atoms with Crippen molar-refractivity contribution in [2.75, 3.05) is 11.4 Å². The van der Waals surface area contributed by atoms with Crippen LogP contribution in [0, 0.1) is 4.91 Å². The van der Waals surface area contributed by atoms with E-state index in [4.69, 9.17) is 4.99 Å². The van der Waals surface area contributed by atoms with Crippen LogP contribution in [0.4, 0.5) is 5.69 Å². The minimum Gasteiger partial charge on any atom is -0.351 e. The quantitative estimate of drug-likeness (QED) is 0.415. The molecule has 174 valence electrons.